The number of rotatable bonds is 8. The van der Waals surface area contributed by atoms with Crippen molar-refractivity contribution in [2.24, 2.45) is 0 Å². The molecule has 0 spiro atoms. The van der Waals surface area contributed by atoms with Crippen molar-refractivity contribution in [1.29, 1.82) is 0 Å². The minimum atomic E-state index is -2.70. The maximum Gasteiger partial charge on any atom is 1.00 e. The van der Waals surface area contributed by atoms with E-state index in [9.17, 15) is 9.90 Å². The first-order chi connectivity index (χ1) is 15.3. The molecule has 0 saturated carbocycles. The summed E-state index contributed by atoms with van der Waals surface area (Å²) in [5, 5.41) is 13.8. The molecule has 1 unspecified atom stereocenters. The molecule has 3 atom stereocenters. The smallest absolute Gasteiger partial charge is 0.548 e. The van der Waals surface area contributed by atoms with Crippen LogP contribution in [-0.4, -0.2) is 38.4 Å². The van der Waals surface area contributed by atoms with Gasteiger partial charge in [0.1, 0.15) is 0 Å². The number of carboxylic acid groups (broad SMARTS) is 1. The Morgan fingerprint density at radius 3 is 1.79 bits per heavy atom. The summed E-state index contributed by atoms with van der Waals surface area (Å²) in [6.07, 6.45) is 0. The van der Waals surface area contributed by atoms with Crippen molar-refractivity contribution in [3.63, 3.8) is 0 Å². The quantitative estimate of drug-likeness (QED) is 0.327. The molecule has 6 heteroatoms. The molecule has 1 saturated heterocycles. The van der Waals surface area contributed by atoms with E-state index >= 15 is 0 Å². The van der Waals surface area contributed by atoms with Crippen LogP contribution in [0.1, 0.15) is 32.4 Å². The van der Waals surface area contributed by atoms with Crippen LogP contribution < -0.4 is 66.9 Å². The van der Waals surface area contributed by atoms with Crippen molar-refractivity contribution < 1.29 is 65.7 Å². The van der Waals surface area contributed by atoms with Gasteiger partial charge in [0.15, 0.2) is 0 Å². The number of nitrogens with zero attached hydrogens (tertiary/aromatic N) is 1. The molecular formula is C27H30KNO3Si. The van der Waals surface area contributed by atoms with Gasteiger partial charge in [0.25, 0.3) is 8.32 Å². The number of aliphatic carboxylic acids is 1. The Hall–Kier alpha value is -1.10. The van der Waals surface area contributed by atoms with E-state index in [0.717, 1.165) is 5.56 Å². The maximum atomic E-state index is 11.5. The van der Waals surface area contributed by atoms with Gasteiger partial charge in [-0.05, 0) is 21.0 Å². The van der Waals surface area contributed by atoms with Crippen molar-refractivity contribution in [1.82, 2.24) is 4.90 Å². The van der Waals surface area contributed by atoms with E-state index in [1.165, 1.54) is 10.4 Å². The number of hydrogen-bond acceptors (Lipinski definition) is 4. The Bertz CT molecular complexity index is 1000. The molecule has 1 fully saturated rings. The number of carbonyl (C=O) groups excluding carboxylic acids is 1. The van der Waals surface area contributed by atoms with E-state index in [4.69, 9.17) is 4.43 Å². The normalized spacial score (nSPS) is 18.8. The van der Waals surface area contributed by atoms with E-state index in [1.807, 2.05) is 47.4 Å². The predicted molar refractivity (Wildman–Crippen MR) is 128 cm³/mol. The van der Waals surface area contributed by atoms with Crippen LogP contribution in [0.3, 0.4) is 0 Å². The molecule has 4 rings (SSSR count). The van der Waals surface area contributed by atoms with Crippen LogP contribution >= 0.6 is 0 Å². The molecule has 1 heterocycles. The van der Waals surface area contributed by atoms with Crippen LogP contribution in [0.2, 0.25) is 5.04 Å². The van der Waals surface area contributed by atoms with Crippen LogP contribution in [0, 0.1) is 0 Å². The third kappa shape index (κ3) is 5.60. The van der Waals surface area contributed by atoms with Gasteiger partial charge in [-0.1, -0.05) is 112 Å². The van der Waals surface area contributed by atoms with Crippen LogP contribution in [0.4, 0.5) is 0 Å². The van der Waals surface area contributed by atoms with E-state index in [0.29, 0.717) is 13.2 Å². The van der Waals surface area contributed by atoms with Crippen molar-refractivity contribution in [2.75, 3.05) is 13.2 Å². The van der Waals surface area contributed by atoms with E-state index in [-0.39, 0.29) is 62.5 Å². The van der Waals surface area contributed by atoms with Gasteiger partial charge in [0, 0.05) is 6.54 Å². The van der Waals surface area contributed by atoms with Gasteiger partial charge in [-0.15, -0.1) is 0 Å². The Morgan fingerprint density at radius 2 is 1.39 bits per heavy atom. The number of carboxylic acids is 1. The molecule has 0 N–H and O–H groups in total. The molecule has 33 heavy (non-hydrogen) atoms. The first-order valence-electron chi connectivity index (χ1n) is 11.1. The van der Waals surface area contributed by atoms with Crippen molar-refractivity contribution in [2.45, 2.75) is 37.9 Å². The number of hydrogen-bond donors (Lipinski definition) is 0. The fraction of sp³-hybridized carbons (Fsp3) is 0.296. The minimum absolute atomic E-state index is 0. The van der Waals surface area contributed by atoms with Crippen LogP contribution in [-0.2, 0) is 9.22 Å². The summed E-state index contributed by atoms with van der Waals surface area (Å²) in [6, 6.07) is 30.4. The summed E-state index contributed by atoms with van der Waals surface area (Å²) in [6.45, 7) is 7.65. The van der Waals surface area contributed by atoms with Gasteiger partial charge in [-0.3, -0.25) is 4.90 Å². The summed E-state index contributed by atoms with van der Waals surface area (Å²) in [4.78, 5) is 13.5. The average Bonchev–Trinajstić information content (AvgIpc) is 3.59. The Kier molecular flexibility index (Phi) is 8.91. The van der Waals surface area contributed by atoms with Gasteiger partial charge < -0.3 is 14.3 Å². The first kappa shape index (κ1) is 26.5. The zero-order valence-electron chi connectivity index (χ0n) is 19.9. The van der Waals surface area contributed by atoms with Gasteiger partial charge in [-0.2, -0.15) is 0 Å². The summed E-state index contributed by atoms with van der Waals surface area (Å²) in [5.74, 6) is -1.02. The third-order valence-electron chi connectivity index (χ3n) is 6.38. The molecule has 0 amide bonds. The average molecular weight is 484 g/mol. The number of benzene rings is 3. The fourth-order valence-electron chi connectivity index (χ4n) is 4.73. The molecule has 166 valence electrons. The second-order valence-corrected chi connectivity index (χ2v) is 13.7. The Balaban J connectivity index is 0.00000306. The maximum absolute atomic E-state index is 11.5. The fourth-order valence-corrected chi connectivity index (χ4v) is 9.29. The van der Waals surface area contributed by atoms with Crippen LogP contribution in [0.25, 0.3) is 0 Å². The van der Waals surface area contributed by atoms with Crippen LogP contribution in [0.15, 0.2) is 91.0 Å². The Labute approximate surface area is 240 Å². The van der Waals surface area contributed by atoms with Crippen molar-refractivity contribution >= 4 is 24.7 Å². The van der Waals surface area contributed by atoms with E-state index in [1.54, 1.807) is 0 Å². The number of carbonyl (C=O) groups is 1. The standard InChI is InChI=1S/C27H31NO3Si.K/c1-27(2,3)32(22-15-9-5-10-16-22,23-17-11-6-12-18-23)31-20-25(21-13-7-4-8-14-21)28-19-24(28)26(29)30;/h4-18,24-25H,19-20H2,1-3H3,(H,29,30);/q;+1/p-1/t24-,25-,28?;/m0./s1. The summed E-state index contributed by atoms with van der Waals surface area (Å²) < 4.78 is 7.10. The summed E-state index contributed by atoms with van der Waals surface area (Å²) >= 11 is 0. The van der Waals surface area contributed by atoms with Gasteiger partial charge in [0.05, 0.1) is 24.7 Å². The zero-order valence-corrected chi connectivity index (χ0v) is 24.0. The van der Waals surface area contributed by atoms with E-state index in [2.05, 4.69) is 69.3 Å². The summed E-state index contributed by atoms with van der Waals surface area (Å²) in [7, 11) is -2.70. The second-order valence-electron chi connectivity index (χ2n) is 9.43. The van der Waals surface area contributed by atoms with E-state index < -0.39 is 20.3 Å². The van der Waals surface area contributed by atoms with Gasteiger partial charge >= 0.3 is 51.4 Å². The first-order valence-corrected chi connectivity index (χ1v) is 13.0. The SMILES string of the molecule is CC(C)(C)[Si](OC[C@@H](c1ccccc1)N1C[C@H]1C(=O)[O-])(c1ccccc1)c1ccccc1.[K+]. The molecule has 0 bridgehead atoms. The molecule has 3 aromatic rings. The summed E-state index contributed by atoms with van der Waals surface area (Å²) in [5.41, 5.74) is 1.06. The van der Waals surface area contributed by atoms with Gasteiger partial charge in [0.2, 0.25) is 0 Å². The van der Waals surface area contributed by atoms with Crippen molar-refractivity contribution in [3.05, 3.63) is 96.6 Å². The molecule has 1 aliphatic heterocycles. The topological polar surface area (TPSA) is 52.4 Å². The van der Waals surface area contributed by atoms with Crippen LogP contribution in [0.5, 0.6) is 0 Å². The molecule has 0 aromatic heterocycles. The molecular weight excluding hydrogens is 453 g/mol. The molecule has 4 nitrogen and oxygen atoms in total. The molecule has 1 aliphatic rings. The third-order valence-corrected chi connectivity index (χ3v) is 11.4. The molecule has 3 aromatic carbocycles. The second kappa shape index (κ2) is 11.1. The zero-order chi connectivity index (χ0) is 22.8. The monoisotopic (exact) mass is 483 g/mol. The minimum Gasteiger partial charge on any atom is -0.548 e. The molecule has 0 aliphatic carbocycles. The predicted octanol–water partition coefficient (Wildman–Crippen LogP) is -0.258. The Morgan fingerprint density at radius 1 is 0.939 bits per heavy atom. The van der Waals surface area contributed by atoms with Crippen molar-refractivity contribution in [3.8, 4) is 0 Å². The largest absolute Gasteiger partial charge is 1.00 e. The van der Waals surface area contributed by atoms with Gasteiger partial charge in [-0.25, -0.2) is 0 Å². The molecule has 0 radical (unpaired) electrons.